The molecule has 0 aromatic heterocycles. The number of hydrogen-bond donors (Lipinski definition) is 2. The van der Waals surface area contributed by atoms with Gasteiger partial charge in [-0.1, -0.05) is 35.3 Å². The molecule has 0 saturated carbocycles. The second-order valence-electron chi connectivity index (χ2n) is 8.38. The minimum absolute atomic E-state index is 0.0499. The van der Waals surface area contributed by atoms with E-state index in [0.29, 0.717) is 27.1 Å². The number of nitrogens with one attached hydrogen (secondary N) is 1. The van der Waals surface area contributed by atoms with E-state index < -0.39 is 6.10 Å². The number of anilines is 2. The summed E-state index contributed by atoms with van der Waals surface area (Å²) in [7, 11) is 0. The van der Waals surface area contributed by atoms with Crippen LogP contribution in [0.1, 0.15) is 38.8 Å². The number of rotatable bonds is 4. The molecule has 1 saturated heterocycles. The van der Waals surface area contributed by atoms with Gasteiger partial charge in [0.1, 0.15) is 6.10 Å². The van der Waals surface area contributed by atoms with Gasteiger partial charge in [-0.05, 0) is 64.8 Å². The first kappa shape index (κ1) is 35.8. The topological polar surface area (TPSA) is 139 Å². The van der Waals surface area contributed by atoms with Gasteiger partial charge in [-0.15, -0.1) is 0 Å². The van der Waals surface area contributed by atoms with Crippen LogP contribution < -0.4 is 10.2 Å². The van der Waals surface area contributed by atoms with E-state index in [4.69, 9.17) is 60.3 Å². The molecule has 13 heteroatoms. The van der Waals surface area contributed by atoms with Gasteiger partial charge in [0.2, 0.25) is 11.4 Å². The van der Waals surface area contributed by atoms with Crippen LogP contribution in [0.5, 0.6) is 0 Å². The highest BCUT2D eigenvalue weighted by molar-refractivity contribution is 6.35. The van der Waals surface area contributed by atoms with Crippen LogP contribution in [-0.2, 0) is 23.9 Å². The first-order chi connectivity index (χ1) is 18.8. The lowest BCUT2D eigenvalue weighted by Gasteiger charge is -2.22. The highest BCUT2D eigenvalue weighted by atomic mass is 35.5. The average molecular weight is 591 g/mol. The van der Waals surface area contributed by atoms with Crippen molar-refractivity contribution < 1.29 is 33.8 Å². The molecule has 0 aliphatic carbocycles. The van der Waals surface area contributed by atoms with E-state index in [1.165, 1.54) is 0 Å². The maximum absolute atomic E-state index is 11.8. The molecule has 4 atom stereocenters. The summed E-state index contributed by atoms with van der Waals surface area (Å²) in [5, 5.41) is 13.4. The minimum atomic E-state index is -0.446. The number of halogens is 2. The lowest BCUT2D eigenvalue weighted by Crippen LogP contribution is -2.33. The Morgan fingerprint density at radius 2 is 1.40 bits per heavy atom. The van der Waals surface area contributed by atoms with E-state index >= 15 is 0 Å². The Morgan fingerprint density at radius 1 is 0.950 bits per heavy atom. The molecular weight excluding hydrogens is 563 g/mol. The van der Waals surface area contributed by atoms with Crippen molar-refractivity contribution in [1.82, 2.24) is 0 Å². The molecule has 0 radical (unpaired) electrons. The number of benzene rings is 2. The number of aliphatic hydroxyl groups excluding tert-OH is 1. The molecule has 0 spiro atoms. The lowest BCUT2D eigenvalue weighted by atomic mass is 10.1. The molecule has 1 heterocycles. The Hall–Kier alpha value is -4.21. The largest absolute Gasteiger partial charge is 0.444 e. The molecule has 2 aromatic rings. The summed E-state index contributed by atoms with van der Waals surface area (Å²) < 4.78 is 5.18. The SMILES string of the molecule is O=C=O.O=C=O.[C-]#[N+]c1ccc(N2C(=O)O[C@H](C)[C@@H]2C)c(C)c1Cl.[C-]#[N+]c1ccc(N[C@@H](C)[C@@H](C)O)c(C)c1Cl. The Bertz CT molecular complexity index is 1330. The highest BCUT2D eigenvalue weighted by Crippen LogP contribution is 2.38. The Kier molecular flexibility index (Phi) is 15.6. The molecule has 11 nitrogen and oxygen atoms in total. The van der Waals surface area contributed by atoms with Crippen LogP contribution in [-0.4, -0.2) is 47.8 Å². The molecule has 2 N–H and O–H groups in total. The Labute approximate surface area is 242 Å². The van der Waals surface area contributed by atoms with Gasteiger partial charge < -0.3 is 15.2 Å². The molecule has 0 unspecified atom stereocenters. The van der Waals surface area contributed by atoms with Gasteiger partial charge in [-0.3, -0.25) is 4.90 Å². The van der Waals surface area contributed by atoms with Crippen LogP contribution >= 0.6 is 23.2 Å². The molecule has 1 aliphatic heterocycles. The van der Waals surface area contributed by atoms with Gasteiger partial charge in [0.15, 0.2) is 0 Å². The summed E-state index contributed by atoms with van der Waals surface area (Å²) in [4.78, 5) is 52.6. The number of hydrogen-bond acceptors (Lipinski definition) is 8. The third-order valence-electron chi connectivity index (χ3n) is 5.88. The van der Waals surface area contributed by atoms with E-state index in [1.54, 1.807) is 36.9 Å². The number of ether oxygens (including phenoxy) is 1. The predicted octanol–water partition coefficient (Wildman–Crippen LogP) is 6.15. The van der Waals surface area contributed by atoms with Crippen molar-refractivity contribution in [2.75, 3.05) is 10.2 Å². The molecule has 3 rings (SSSR count). The normalized spacial score (nSPS) is 16.3. The van der Waals surface area contributed by atoms with Gasteiger partial charge in [0.25, 0.3) is 0 Å². The summed E-state index contributed by atoms with van der Waals surface area (Å²) in [6, 6.07) is 6.75. The van der Waals surface area contributed by atoms with E-state index in [-0.39, 0.29) is 36.6 Å². The molecule has 0 bridgehead atoms. The molecule has 1 fully saturated rings. The fourth-order valence-electron chi connectivity index (χ4n) is 3.30. The van der Waals surface area contributed by atoms with Crippen molar-refractivity contribution in [1.29, 1.82) is 0 Å². The number of aliphatic hydroxyl groups is 1. The van der Waals surface area contributed by atoms with Crippen LogP contribution in [0.15, 0.2) is 24.3 Å². The van der Waals surface area contributed by atoms with Gasteiger partial charge in [-0.2, -0.15) is 19.2 Å². The molecular formula is C27H28Cl2N4O7. The zero-order chi connectivity index (χ0) is 31.2. The quantitative estimate of drug-likeness (QED) is 0.404. The summed E-state index contributed by atoms with van der Waals surface area (Å²) in [6.45, 7) is 25.0. The van der Waals surface area contributed by atoms with Gasteiger partial charge >= 0.3 is 18.4 Å². The van der Waals surface area contributed by atoms with Crippen molar-refractivity contribution in [3.63, 3.8) is 0 Å². The van der Waals surface area contributed by atoms with E-state index in [2.05, 4.69) is 15.0 Å². The molecule has 2 aromatic carbocycles. The minimum Gasteiger partial charge on any atom is -0.444 e. The number of carbonyl (C=O) groups is 1. The predicted molar refractivity (Wildman–Crippen MR) is 148 cm³/mol. The molecule has 212 valence electrons. The van der Waals surface area contributed by atoms with Crippen LogP contribution in [0, 0.1) is 27.0 Å². The van der Waals surface area contributed by atoms with Crippen molar-refractivity contribution in [2.24, 2.45) is 0 Å². The first-order valence-electron chi connectivity index (χ1n) is 11.5. The second kappa shape index (κ2) is 17.4. The number of amides is 1. The number of carbonyl (C=O) groups excluding carboxylic acids is 5. The van der Waals surface area contributed by atoms with E-state index in [1.807, 2.05) is 33.8 Å². The molecule has 1 amide bonds. The molecule has 40 heavy (non-hydrogen) atoms. The third kappa shape index (κ3) is 9.52. The molecule has 1 aliphatic rings. The number of cyclic esters (lactones) is 1. The third-order valence-corrected chi connectivity index (χ3v) is 6.83. The lowest BCUT2D eigenvalue weighted by molar-refractivity contribution is -0.193. The fourth-order valence-corrected chi connectivity index (χ4v) is 3.70. The highest BCUT2D eigenvalue weighted by Gasteiger charge is 2.37. The van der Waals surface area contributed by atoms with Crippen LogP contribution in [0.3, 0.4) is 0 Å². The zero-order valence-corrected chi connectivity index (χ0v) is 24.1. The van der Waals surface area contributed by atoms with Crippen LogP contribution in [0.2, 0.25) is 10.0 Å². The van der Waals surface area contributed by atoms with E-state index in [9.17, 15) is 9.90 Å². The first-order valence-corrected chi connectivity index (χ1v) is 12.3. The van der Waals surface area contributed by atoms with Gasteiger partial charge in [0.05, 0.1) is 35.3 Å². The summed E-state index contributed by atoms with van der Waals surface area (Å²) >= 11 is 12.2. The summed E-state index contributed by atoms with van der Waals surface area (Å²) in [5.41, 5.74) is 3.96. The van der Waals surface area contributed by atoms with Gasteiger partial charge in [0, 0.05) is 17.4 Å². The van der Waals surface area contributed by atoms with Crippen molar-refractivity contribution in [3.8, 4) is 0 Å². The summed E-state index contributed by atoms with van der Waals surface area (Å²) in [6.07, 6.45) is -0.473. The summed E-state index contributed by atoms with van der Waals surface area (Å²) in [5.74, 6) is 0. The van der Waals surface area contributed by atoms with Crippen molar-refractivity contribution in [3.05, 3.63) is 68.3 Å². The van der Waals surface area contributed by atoms with E-state index in [0.717, 1.165) is 16.8 Å². The smallest absolute Gasteiger partial charge is 0.415 e. The maximum atomic E-state index is 11.8. The van der Waals surface area contributed by atoms with Crippen LogP contribution in [0.25, 0.3) is 9.69 Å². The second-order valence-corrected chi connectivity index (χ2v) is 9.13. The number of nitrogens with zero attached hydrogens (tertiary/aromatic N) is 3. The maximum Gasteiger partial charge on any atom is 0.415 e. The van der Waals surface area contributed by atoms with Gasteiger partial charge in [-0.25, -0.2) is 14.5 Å². The van der Waals surface area contributed by atoms with Crippen LogP contribution in [0.4, 0.5) is 27.5 Å². The monoisotopic (exact) mass is 590 g/mol. The van der Waals surface area contributed by atoms with Crippen molar-refractivity contribution in [2.45, 2.75) is 65.8 Å². The zero-order valence-electron chi connectivity index (χ0n) is 22.6. The fraction of sp³-hybridized carbons (Fsp3) is 0.370. The Morgan fingerprint density at radius 3 is 1.80 bits per heavy atom. The Balaban J connectivity index is 0.000000639. The average Bonchev–Trinajstić information content (AvgIpc) is 3.15. The standard InChI is InChI=1S/C13H13ClN2O2.C12H15ClN2O.2CO2/c1-7-11(6-5-10(15-4)12(7)14)16-8(2)9(3)18-13(16)17;1-7-10(15-8(2)9(3)16)5-6-11(14-4)12(7)13;2*2-1-3/h5-6,8-9H,1-3H3;5-6,8-9,15-16H,1-3H3;;/t2*8-,9+;;/m00../s1. The van der Waals surface area contributed by atoms with Crippen molar-refractivity contribution >= 4 is 64.3 Å².